The molecule has 7 heteroatoms. The van der Waals surface area contributed by atoms with Crippen molar-refractivity contribution in [1.29, 1.82) is 0 Å². The summed E-state index contributed by atoms with van der Waals surface area (Å²) in [5.74, 6) is -0.362. The summed E-state index contributed by atoms with van der Waals surface area (Å²) in [5.41, 5.74) is 0.791. The van der Waals surface area contributed by atoms with E-state index >= 15 is 0 Å². The molecule has 0 bridgehead atoms. The highest BCUT2D eigenvalue weighted by Gasteiger charge is 2.49. The number of carbonyl (C=O) groups is 2. The van der Waals surface area contributed by atoms with Crippen LogP contribution in [0.3, 0.4) is 0 Å². The third kappa shape index (κ3) is 2.96. The molecule has 4 rings (SSSR count). The standard InChI is InChI=1S/C21H18ClN3O3/c1-21(17-2-4-18(22)5-3-17)24(19(26)15-6-9-23-10-7-15)11-12-25(21)20(27)16-8-13-28-14-16/h2-10,13-14H,11-12H2,1H3. The van der Waals surface area contributed by atoms with Gasteiger partial charge in [0, 0.05) is 36.1 Å². The molecule has 1 unspecified atom stereocenters. The number of hydrogen-bond acceptors (Lipinski definition) is 4. The Kier molecular flexibility index (Phi) is 4.65. The first-order chi connectivity index (χ1) is 13.5. The number of aromatic nitrogens is 1. The minimum atomic E-state index is -0.973. The normalized spacial score (nSPS) is 19.1. The van der Waals surface area contributed by atoms with Gasteiger partial charge in [-0.3, -0.25) is 14.6 Å². The summed E-state index contributed by atoms with van der Waals surface area (Å²) in [6, 6.07) is 12.2. The maximum Gasteiger partial charge on any atom is 0.259 e. The van der Waals surface area contributed by atoms with Crippen molar-refractivity contribution in [3.05, 3.63) is 89.1 Å². The van der Waals surface area contributed by atoms with Gasteiger partial charge in [-0.15, -0.1) is 0 Å². The molecule has 1 aromatic carbocycles. The molecule has 1 fully saturated rings. The Balaban J connectivity index is 1.79. The highest BCUT2D eigenvalue weighted by molar-refractivity contribution is 6.30. The molecule has 0 radical (unpaired) electrons. The van der Waals surface area contributed by atoms with Crippen LogP contribution in [0.2, 0.25) is 5.02 Å². The van der Waals surface area contributed by atoms with Crippen LogP contribution in [-0.4, -0.2) is 39.7 Å². The van der Waals surface area contributed by atoms with E-state index in [0.717, 1.165) is 5.56 Å². The Morgan fingerprint density at radius 3 is 2.14 bits per heavy atom. The molecule has 1 atom stereocenters. The van der Waals surface area contributed by atoms with Crippen molar-refractivity contribution in [3.63, 3.8) is 0 Å². The van der Waals surface area contributed by atoms with Gasteiger partial charge in [0.25, 0.3) is 11.8 Å². The van der Waals surface area contributed by atoms with E-state index in [4.69, 9.17) is 16.0 Å². The Morgan fingerprint density at radius 2 is 1.57 bits per heavy atom. The summed E-state index contributed by atoms with van der Waals surface area (Å²) in [5, 5.41) is 0.588. The zero-order chi connectivity index (χ0) is 19.7. The van der Waals surface area contributed by atoms with E-state index in [-0.39, 0.29) is 11.8 Å². The van der Waals surface area contributed by atoms with Crippen LogP contribution in [0, 0.1) is 0 Å². The Bertz CT molecular complexity index is 990. The zero-order valence-corrected chi connectivity index (χ0v) is 16.0. The fourth-order valence-corrected chi connectivity index (χ4v) is 3.78. The average molecular weight is 396 g/mol. The number of amides is 2. The fourth-order valence-electron chi connectivity index (χ4n) is 3.65. The lowest BCUT2D eigenvalue weighted by Gasteiger charge is -2.41. The van der Waals surface area contributed by atoms with E-state index < -0.39 is 5.66 Å². The fraction of sp³-hybridized carbons (Fsp3) is 0.190. The van der Waals surface area contributed by atoms with Gasteiger partial charge in [-0.05, 0) is 42.8 Å². The highest BCUT2D eigenvalue weighted by Crippen LogP contribution is 2.39. The molecule has 0 aliphatic carbocycles. The molecule has 3 heterocycles. The topological polar surface area (TPSA) is 66.7 Å². The van der Waals surface area contributed by atoms with Crippen molar-refractivity contribution in [2.45, 2.75) is 12.6 Å². The van der Waals surface area contributed by atoms with Gasteiger partial charge in [-0.2, -0.15) is 0 Å². The molecular weight excluding hydrogens is 378 g/mol. The van der Waals surface area contributed by atoms with Crippen LogP contribution in [0.1, 0.15) is 33.2 Å². The van der Waals surface area contributed by atoms with Crippen LogP contribution in [0.15, 0.2) is 71.8 Å². The van der Waals surface area contributed by atoms with E-state index in [0.29, 0.717) is 29.2 Å². The lowest BCUT2D eigenvalue weighted by atomic mass is 9.97. The number of halogens is 1. The summed E-state index contributed by atoms with van der Waals surface area (Å²) >= 11 is 6.06. The van der Waals surface area contributed by atoms with E-state index in [9.17, 15) is 9.59 Å². The number of carbonyl (C=O) groups excluding carboxylic acids is 2. The molecule has 6 nitrogen and oxygen atoms in total. The van der Waals surface area contributed by atoms with E-state index in [1.807, 2.05) is 19.1 Å². The van der Waals surface area contributed by atoms with Gasteiger partial charge in [-0.1, -0.05) is 23.7 Å². The van der Waals surface area contributed by atoms with Gasteiger partial charge >= 0.3 is 0 Å². The number of furan rings is 1. The molecular formula is C21H18ClN3O3. The molecule has 0 N–H and O–H groups in total. The van der Waals surface area contributed by atoms with Gasteiger partial charge in [0.15, 0.2) is 0 Å². The number of benzene rings is 1. The average Bonchev–Trinajstić information content (AvgIpc) is 3.37. The van der Waals surface area contributed by atoms with Gasteiger partial charge in [0.05, 0.1) is 11.8 Å². The number of rotatable bonds is 3. The summed E-state index contributed by atoms with van der Waals surface area (Å²) in [6.07, 6.45) is 6.04. The van der Waals surface area contributed by atoms with Crippen LogP contribution in [0.4, 0.5) is 0 Å². The minimum absolute atomic E-state index is 0.164. The predicted molar refractivity (Wildman–Crippen MR) is 104 cm³/mol. The molecule has 28 heavy (non-hydrogen) atoms. The first-order valence-corrected chi connectivity index (χ1v) is 9.22. The highest BCUT2D eigenvalue weighted by atomic mass is 35.5. The lowest BCUT2D eigenvalue weighted by Crippen LogP contribution is -2.52. The van der Waals surface area contributed by atoms with Crippen molar-refractivity contribution in [2.75, 3.05) is 13.1 Å². The Hall–Kier alpha value is -3.12. The summed E-state index contributed by atoms with van der Waals surface area (Å²) < 4.78 is 5.08. The quantitative estimate of drug-likeness (QED) is 0.676. The van der Waals surface area contributed by atoms with E-state index in [2.05, 4.69) is 4.98 Å². The second-order valence-electron chi connectivity index (χ2n) is 6.69. The largest absolute Gasteiger partial charge is 0.472 e. The van der Waals surface area contributed by atoms with Crippen LogP contribution in [0.25, 0.3) is 0 Å². The molecule has 2 aromatic heterocycles. The molecule has 1 aliphatic rings. The predicted octanol–water partition coefficient (Wildman–Crippen LogP) is 3.80. The summed E-state index contributed by atoms with van der Waals surface area (Å²) in [6.45, 7) is 2.68. The van der Waals surface area contributed by atoms with Gasteiger partial charge < -0.3 is 14.2 Å². The van der Waals surface area contributed by atoms with Gasteiger partial charge in [-0.25, -0.2) is 0 Å². The molecule has 3 aromatic rings. The monoisotopic (exact) mass is 395 g/mol. The third-order valence-corrected chi connectivity index (χ3v) is 5.43. The first-order valence-electron chi connectivity index (χ1n) is 8.84. The maximum absolute atomic E-state index is 13.3. The zero-order valence-electron chi connectivity index (χ0n) is 15.2. The smallest absolute Gasteiger partial charge is 0.259 e. The first kappa shape index (κ1) is 18.3. The third-order valence-electron chi connectivity index (χ3n) is 5.18. The van der Waals surface area contributed by atoms with Crippen LogP contribution >= 0.6 is 11.6 Å². The molecule has 1 saturated heterocycles. The Morgan fingerprint density at radius 1 is 0.964 bits per heavy atom. The lowest BCUT2D eigenvalue weighted by molar-refractivity contribution is 0.0210. The number of nitrogens with zero attached hydrogens (tertiary/aromatic N) is 3. The molecule has 1 aliphatic heterocycles. The SMILES string of the molecule is CC1(c2ccc(Cl)cc2)N(C(=O)c2ccncc2)CCN1C(=O)c1ccoc1. The van der Waals surface area contributed by atoms with Crippen LogP contribution < -0.4 is 0 Å². The van der Waals surface area contributed by atoms with Crippen LogP contribution in [0.5, 0.6) is 0 Å². The number of hydrogen-bond donors (Lipinski definition) is 0. The molecule has 0 spiro atoms. The molecule has 142 valence electrons. The molecule has 2 amide bonds. The van der Waals surface area contributed by atoms with Gasteiger partial charge in [0.1, 0.15) is 11.9 Å². The van der Waals surface area contributed by atoms with E-state index in [1.54, 1.807) is 52.5 Å². The number of pyridine rings is 1. The second-order valence-corrected chi connectivity index (χ2v) is 7.13. The second kappa shape index (κ2) is 7.13. The van der Waals surface area contributed by atoms with E-state index in [1.165, 1.54) is 12.5 Å². The minimum Gasteiger partial charge on any atom is -0.472 e. The van der Waals surface area contributed by atoms with Crippen molar-refractivity contribution in [3.8, 4) is 0 Å². The van der Waals surface area contributed by atoms with Crippen molar-refractivity contribution in [1.82, 2.24) is 14.8 Å². The van der Waals surface area contributed by atoms with Crippen molar-refractivity contribution < 1.29 is 14.0 Å². The van der Waals surface area contributed by atoms with Crippen molar-refractivity contribution >= 4 is 23.4 Å². The summed E-state index contributed by atoms with van der Waals surface area (Å²) in [7, 11) is 0. The summed E-state index contributed by atoms with van der Waals surface area (Å²) in [4.78, 5) is 33.8. The van der Waals surface area contributed by atoms with Crippen LogP contribution in [-0.2, 0) is 5.66 Å². The van der Waals surface area contributed by atoms with Crippen molar-refractivity contribution in [2.24, 2.45) is 0 Å². The molecule has 0 saturated carbocycles. The Labute approximate surface area is 167 Å². The van der Waals surface area contributed by atoms with Gasteiger partial charge in [0.2, 0.25) is 0 Å². The maximum atomic E-state index is 13.3.